The summed E-state index contributed by atoms with van der Waals surface area (Å²) < 4.78 is 11.8. The first-order valence-electron chi connectivity index (χ1n) is 13.4. The molecule has 0 amide bonds. The van der Waals surface area contributed by atoms with Gasteiger partial charge in [-0.15, -0.1) is 0 Å². The summed E-state index contributed by atoms with van der Waals surface area (Å²) in [7, 11) is -1.60. The van der Waals surface area contributed by atoms with Crippen LogP contribution in [0.2, 0.25) is 18.1 Å². The molecule has 0 bridgehead atoms. The largest absolute Gasteiger partial charge is 0.466 e. The molecule has 0 N–H and O–H groups in total. The lowest BCUT2D eigenvalue weighted by Gasteiger charge is -2.36. The molecule has 0 saturated heterocycles. The van der Waals surface area contributed by atoms with Crippen molar-refractivity contribution in [3.8, 4) is 0 Å². The van der Waals surface area contributed by atoms with Gasteiger partial charge in [0.1, 0.15) is 0 Å². The van der Waals surface area contributed by atoms with E-state index in [1.54, 1.807) is 0 Å². The maximum atomic E-state index is 12.0. The Balaban J connectivity index is 3.77. The first kappa shape index (κ1) is 30.6. The maximum Gasteiger partial charge on any atom is 0.305 e. The van der Waals surface area contributed by atoms with Crippen molar-refractivity contribution in [2.75, 3.05) is 13.2 Å². The standard InChI is InChI=1S/C27H56O3Si/c1-8-10-15-19-25(20-16-11-9-2)22-24-29-26(28)21-17-13-12-14-18-23-30-31(6,7)27(3,4)5/h25H,8-24H2,1-7H3. The molecule has 0 aliphatic rings. The molecular weight excluding hydrogens is 400 g/mol. The molecule has 0 spiro atoms. The van der Waals surface area contributed by atoms with Crippen molar-refractivity contribution in [3.05, 3.63) is 0 Å². The van der Waals surface area contributed by atoms with Gasteiger partial charge in [-0.05, 0) is 43.3 Å². The van der Waals surface area contributed by atoms with Crippen LogP contribution in [0.15, 0.2) is 0 Å². The first-order valence-corrected chi connectivity index (χ1v) is 16.3. The third kappa shape index (κ3) is 16.9. The van der Waals surface area contributed by atoms with Gasteiger partial charge in [0, 0.05) is 13.0 Å². The molecule has 0 aromatic carbocycles. The van der Waals surface area contributed by atoms with Crippen molar-refractivity contribution in [1.29, 1.82) is 0 Å². The summed E-state index contributed by atoms with van der Waals surface area (Å²) in [5.41, 5.74) is 0. The number of carbonyl (C=O) groups excluding carboxylic acids is 1. The van der Waals surface area contributed by atoms with Crippen LogP contribution in [-0.4, -0.2) is 27.5 Å². The lowest BCUT2D eigenvalue weighted by molar-refractivity contribution is -0.144. The molecule has 0 fully saturated rings. The summed E-state index contributed by atoms with van der Waals surface area (Å²) in [4.78, 5) is 12.0. The molecule has 0 aromatic rings. The molecule has 0 aliphatic heterocycles. The SMILES string of the molecule is CCCCCC(CCCCC)CCOC(=O)CCCCCCCO[Si](C)(C)C(C)(C)C. The summed E-state index contributed by atoms with van der Waals surface area (Å²) in [5, 5.41) is 0.290. The van der Waals surface area contributed by atoms with E-state index in [1.807, 2.05) is 0 Å². The van der Waals surface area contributed by atoms with Gasteiger partial charge in [-0.3, -0.25) is 4.79 Å². The Bertz CT molecular complexity index is 419. The molecule has 0 heterocycles. The van der Waals surface area contributed by atoms with Gasteiger partial charge in [0.05, 0.1) is 6.61 Å². The lowest BCUT2D eigenvalue weighted by Crippen LogP contribution is -2.40. The number of carbonyl (C=O) groups is 1. The summed E-state index contributed by atoms with van der Waals surface area (Å²) in [6.07, 6.45) is 17.7. The van der Waals surface area contributed by atoms with Gasteiger partial charge in [-0.2, -0.15) is 0 Å². The molecule has 186 valence electrons. The second-order valence-corrected chi connectivity index (χ2v) is 15.8. The zero-order chi connectivity index (χ0) is 23.6. The molecule has 0 aromatic heterocycles. The number of ether oxygens (including phenoxy) is 1. The molecule has 0 unspecified atom stereocenters. The smallest absolute Gasteiger partial charge is 0.305 e. The summed E-state index contributed by atoms with van der Waals surface area (Å²) in [6, 6.07) is 0. The van der Waals surface area contributed by atoms with Crippen LogP contribution in [0.25, 0.3) is 0 Å². The predicted octanol–water partition coefficient (Wildman–Crippen LogP) is 9.06. The van der Waals surface area contributed by atoms with E-state index in [4.69, 9.17) is 9.16 Å². The molecule has 0 rings (SSSR count). The van der Waals surface area contributed by atoms with E-state index in [0.717, 1.165) is 38.2 Å². The highest BCUT2D eigenvalue weighted by Gasteiger charge is 2.36. The minimum absolute atomic E-state index is 0.00197. The average molecular weight is 457 g/mol. The van der Waals surface area contributed by atoms with Crippen molar-refractivity contribution in [1.82, 2.24) is 0 Å². The van der Waals surface area contributed by atoms with Gasteiger partial charge in [0.2, 0.25) is 0 Å². The summed E-state index contributed by atoms with van der Waals surface area (Å²) in [5.74, 6) is 0.738. The van der Waals surface area contributed by atoms with Crippen LogP contribution < -0.4 is 0 Å². The van der Waals surface area contributed by atoms with E-state index in [9.17, 15) is 4.79 Å². The predicted molar refractivity (Wildman–Crippen MR) is 138 cm³/mol. The van der Waals surface area contributed by atoms with Gasteiger partial charge in [0.25, 0.3) is 0 Å². The fourth-order valence-corrected chi connectivity index (χ4v) is 4.74. The number of hydrogen-bond acceptors (Lipinski definition) is 3. The van der Waals surface area contributed by atoms with E-state index in [1.165, 1.54) is 64.2 Å². The number of unbranched alkanes of at least 4 members (excludes halogenated alkanes) is 8. The normalized spacial score (nSPS) is 12.5. The van der Waals surface area contributed by atoms with Crippen molar-refractivity contribution in [2.45, 2.75) is 149 Å². The lowest BCUT2D eigenvalue weighted by atomic mass is 9.92. The molecular formula is C27H56O3Si. The van der Waals surface area contributed by atoms with Gasteiger partial charge in [-0.1, -0.05) is 105 Å². The topological polar surface area (TPSA) is 35.5 Å². The van der Waals surface area contributed by atoms with E-state index < -0.39 is 8.32 Å². The fraction of sp³-hybridized carbons (Fsp3) is 0.963. The van der Waals surface area contributed by atoms with Crippen LogP contribution in [0.1, 0.15) is 131 Å². The Kier molecular flexibility index (Phi) is 17.9. The van der Waals surface area contributed by atoms with Crippen LogP contribution in [-0.2, 0) is 14.0 Å². The second-order valence-electron chi connectivity index (χ2n) is 11.0. The molecule has 0 radical (unpaired) electrons. The molecule has 4 heteroatoms. The second kappa shape index (κ2) is 18.1. The van der Waals surface area contributed by atoms with E-state index >= 15 is 0 Å². The molecule has 0 saturated carbocycles. The third-order valence-corrected chi connectivity index (χ3v) is 11.6. The Morgan fingerprint density at radius 2 is 1.29 bits per heavy atom. The van der Waals surface area contributed by atoms with Crippen molar-refractivity contribution < 1.29 is 14.0 Å². The number of esters is 1. The van der Waals surface area contributed by atoms with Gasteiger partial charge < -0.3 is 9.16 Å². The molecule has 0 atom stereocenters. The van der Waals surface area contributed by atoms with Gasteiger partial charge >= 0.3 is 5.97 Å². The molecule has 3 nitrogen and oxygen atoms in total. The highest BCUT2D eigenvalue weighted by atomic mass is 28.4. The van der Waals surface area contributed by atoms with Crippen molar-refractivity contribution in [3.63, 3.8) is 0 Å². The van der Waals surface area contributed by atoms with Crippen LogP contribution in [0.4, 0.5) is 0 Å². The fourth-order valence-electron chi connectivity index (χ4n) is 3.66. The van der Waals surface area contributed by atoms with Gasteiger partial charge in [0.15, 0.2) is 8.32 Å². The highest BCUT2D eigenvalue weighted by Crippen LogP contribution is 2.36. The van der Waals surface area contributed by atoms with Crippen LogP contribution in [0.5, 0.6) is 0 Å². The zero-order valence-corrected chi connectivity index (χ0v) is 23.3. The number of hydrogen-bond donors (Lipinski definition) is 0. The first-order chi connectivity index (χ1) is 14.6. The minimum Gasteiger partial charge on any atom is -0.466 e. The van der Waals surface area contributed by atoms with Crippen LogP contribution >= 0.6 is 0 Å². The quantitative estimate of drug-likeness (QED) is 0.104. The Labute approximate surface area is 196 Å². The van der Waals surface area contributed by atoms with Crippen LogP contribution in [0.3, 0.4) is 0 Å². The Morgan fingerprint density at radius 3 is 1.84 bits per heavy atom. The van der Waals surface area contributed by atoms with Crippen molar-refractivity contribution in [2.24, 2.45) is 5.92 Å². The maximum absolute atomic E-state index is 12.0. The van der Waals surface area contributed by atoms with Crippen molar-refractivity contribution >= 4 is 14.3 Å². The molecule has 0 aliphatic carbocycles. The Morgan fingerprint density at radius 1 is 0.742 bits per heavy atom. The van der Waals surface area contributed by atoms with E-state index in [2.05, 4.69) is 47.7 Å². The van der Waals surface area contributed by atoms with E-state index in [0.29, 0.717) is 18.1 Å². The zero-order valence-electron chi connectivity index (χ0n) is 22.3. The van der Waals surface area contributed by atoms with Crippen LogP contribution in [0, 0.1) is 5.92 Å². The highest BCUT2D eigenvalue weighted by molar-refractivity contribution is 6.74. The van der Waals surface area contributed by atoms with Gasteiger partial charge in [-0.25, -0.2) is 0 Å². The summed E-state index contributed by atoms with van der Waals surface area (Å²) in [6.45, 7) is 17.5. The third-order valence-electron chi connectivity index (χ3n) is 7.02. The summed E-state index contributed by atoms with van der Waals surface area (Å²) >= 11 is 0. The monoisotopic (exact) mass is 456 g/mol. The molecule has 31 heavy (non-hydrogen) atoms. The minimum atomic E-state index is -1.60. The Hall–Kier alpha value is -0.353. The average Bonchev–Trinajstić information content (AvgIpc) is 2.69. The number of rotatable bonds is 20. The van der Waals surface area contributed by atoms with E-state index in [-0.39, 0.29) is 5.97 Å².